The number of hydrogen-bond donors (Lipinski definition) is 0. The van der Waals surface area contributed by atoms with E-state index in [0.29, 0.717) is 18.6 Å². The standard InChI is InChI=1S/C9H12N2O4/c1-3-14-9(13)6-15-8-4-7(5-12)11(2)10-8/h4-5H,3,6H2,1-2H3. The van der Waals surface area contributed by atoms with Crippen LogP contribution in [0.3, 0.4) is 0 Å². The molecule has 0 aliphatic rings. The van der Waals surface area contributed by atoms with E-state index >= 15 is 0 Å². The van der Waals surface area contributed by atoms with Gasteiger partial charge >= 0.3 is 5.97 Å². The Morgan fingerprint density at radius 2 is 2.40 bits per heavy atom. The first-order valence-corrected chi connectivity index (χ1v) is 4.45. The smallest absolute Gasteiger partial charge is 0.344 e. The van der Waals surface area contributed by atoms with Gasteiger partial charge in [-0.15, -0.1) is 5.10 Å². The van der Waals surface area contributed by atoms with Crippen LogP contribution in [-0.2, 0) is 16.6 Å². The fraction of sp³-hybridized carbons (Fsp3) is 0.444. The average molecular weight is 212 g/mol. The predicted molar refractivity (Wildman–Crippen MR) is 50.7 cm³/mol. The van der Waals surface area contributed by atoms with Gasteiger partial charge < -0.3 is 9.47 Å². The first-order chi connectivity index (χ1) is 7.17. The molecule has 15 heavy (non-hydrogen) atoms. The molecule has 0 bridgehead atoms. The van der Waals surface area contributed by atoms with E-state index in [0.717, 1.165) is 0 Å². The summed E-state index contributed by atoms with van der Waals surface area (Å²) >= 11 is 0. The summed E-state index contributed by atoms with van der Waals surface area (Å²) in [6.07, 6.45) is 0.657. The number of rotatable bonds is 5. The molecule has 0 spiro atoms. The third-order valence-electron chi connectivity index (χ3n) is 1.66. The van der Waals surface area contributed by atoms with Crippen molar-refractivity contribution < 1.29 is 19.1 Å². The first-order valence-electron chi connectivity index (χ1n) is 4.45. The van der Waals surface area contributed by atoms with Crippen molar-refractivity contribution in [3.8, 4) is 5.88 Å². The van der Waals surface area contributed by atoms with Crippen molar-refractivity contribution >= 4 is 12.3 Å². The maximum atomic E-state index is 10.9. The lowest BCUT2D eigenvalue weighted by molar-refractivity contribution is -0.145. The molecular formula is C9H12N2O4. The van der Waals surface area contributed by atoms with Crippen molar-refractivity contribution in [2.75, 3.05) is 13.2 Å². The highest BCUT2D eigenvalue weighted by atomic mass is 16.6. The summed E-state index contributed by atoms with van der Waals surface area (Å²) in [5.74, 6) is -0.233. The monoisotopic (exact) mass is 212 g/mol. The summed E-state index contributed by atoms with van der Waals surface area (Å²) in [4.78, 5) is 21.4. The number of carbonyl (C=O) groups excluding carboxylic acids is 2. The van der Waals surface area contributed by atoms with Crippen molar-refractivity contribution in [2.45, 2.75) is 6.92 Å². The van der Waals surface area contributed by atoms with Crippen molar-refractivity contribution in [2.24, 2.45) is 7.05 Å². The molecule has 0 aromatic carbocycles. The molecule has 0 saturated heterocycles. The van der Waals surface area contributed by atoms with E-state index in [2.05, 4.69) is 9.84 Å². The highest BCUT2D eigenvalue weighted by Gasteiger charge is 2.07. The number of esters is 1. The highest BCUT2D eigenvalue weighted by Crippen LogP contribution is 2.08. The lowest BCUT2D eigenvalue weighted by Gasteiger charge is -2.01. The number of ether oxygens (including phenoxy) is 2. The summed E-state index contributed by atoms with van der Waals surface area (Å²) in [5.41, 5.74) is 0.383. The Balaban J connectivity index is 2.50. The number of carbonyl (C=O) groups is 2. The summed E-state index contributed by atoms with van der Waals surface area (Å²) in [7, 11) is 1.61. The molecule has 6 heteroatoms. The van der Waals surface area contributed by atoms with E-state index in [1.807, 2.05) is 0 Å². The summed E-state index contributed by atoms with van der Waals surface area (Å²) in [6.45, 7) is 1.82. The molecule has 0 saturated carbocycles. The molecule has 1 aromatic heterocycles. The second-order valence-electron chi connectivity index (χ2n) is 2.74. The normalized spacial score (nSPS) is 9.73. The van der Waals surface area contributed by atoms with Gasteiger partial charge in [-0.25, -0.2) is 4.79 Å². The van der Waals surface area contributed by atoms with E-state index in [-0.39, 0.29) is 12.5 Å². The Kier molecular flexibility index (Phi) is 3.84. The highest BCUT2D eigenvalue weighted by molar-refractivity contribution is 5.73. The van der Waals surface area contributed by atoms with Gasteiger partial charge in [-0.2, -0.15) is 0 Å². The zero-order valence-electron chi connectivity index (χ0n) is 8.60. The van der Waals surface area contributed by atoms with Crippen LogP contribution in [0.25, 0.3) is 0 Å². The average Bonchev–Trinajstić information content (AvgIpc) is 2.56. The van der Waals surface area contributed by atoms with E-state index in [4.69, 9.17) is 4.74 Å². The third kappa shape index (κ3) is 3.08. The Bertz CT molecular complexity index is 359. The fourth-order valence-electron chi connectivity index (χ4n) is 0.971. The van der Waals surface area contributed by atoms with E-state index in [1.165, 1.54) is 10.7 Å². The number of aromatic nitrogens is 2. The molecule has 0 unspecified atom stereocenters. The zero-order valence-corrected chi connectivity index (χ0v) is 8.60. The van der Waals surface area contributed by atoms with Crippen molar-refractivity contribution in [3.05, 3.63) is 11.8 Å². The van der Waals surface area contributed by atoms with Gasteiger partial charge in [0.25, 0.3) is 0 Å². The Morgan fingerprint density at radius 1 is 1.67 bits per heavy atom. The maximum Gasteiger partial charge on any atom is 0.344 e. The van der Waals surface area contributed by atoms with Crippen molar-refractivity contribution in [1.82, 2.24) is 9.78 Å². The number of aryl methyl sites for hydroxylation is 1. The molecule has 0 aliphatic carbocycles. The van der Waals surface area contributed by atoms with Gasteiger partial charge in [-0.3, -0.25) is 9.48 Å². The lowest BCUT2D eigenvalue weighted by atomic mass is 10.5. The quantitative estimate of drug-likeness (QED) is 0.514. The Labute approximate surface area is 86.8 Å². The van der Waals surface area contributed by atoms with Crippen LogP contribution in [0.1, 0.15) is 17.4 Å². The SMILES string of the molecule is CCOC(=O)COc1cc(C=O)n(C)n1. The van der Waals surface area contributed by atoms with Crippen LogP contribution in [0.5, 0.6) is 5.88 Å². The fourth-order valence-corrected chi connectivity index (χ4v) is 0.971. The second-order valence-corrected chi connectivity index (χ2v) is 2.74. The van der Waals surface area contributed by atoms with Gasteiger partial charge in [0.1, 0.15) is 5.69 Å². The van der Waals surface area contributed by atoms with Crippen LogP contribution in [0, 0.1) is 0 Å². The van der Waals surface area contributed by atoms with Gasteiger partial charge in [0.2, 0.25) is 5.88 Å². The van der Waals surface area contributed by atoms with Gasteiger partial charge in [0.15, 0.2) is 12.9 Å². The van der Waals surface area contributed by atoms with Crippen LogP contribution < -0.4 is 4.74 Å². The molecule has 6 nitrogen and oxygen atoms in total. The minimum absolute atomic E-state index is 0.205. The van der Waals surface area contributed by atoms with Crippen LogP contribution in [-0.4, -0.2) is 35.2 Å². The molecule has 0 aliphatic heterocycles. The molecule has 0 atom stereocenters. The minimum atomic E-state index is -0.462. The second kappa shape index (κ2) is 5.14. The molecule has 82 valence electrons. The molecule has 0 amide bonds. The summed E-state index contributed by atoms with van der Waals surface area (Å²) in [6, 6.07) is 1.45. The largest absolute Gasteiger partial charge is 0.465 e. The van der Waals surface area contributed by atoms with E-state index in [1.54, 1.807) is 14.0 Å². The van der Waals surface area contributed by atoms with Crippen molar-refractivity contribution in [1.29, 1.82) is 0 Å². The number of nitrogens with zero attached hydrogens (tertiary/aromatic N) is 2. The lowest BCUT2D eigenvalue weighted by Crippen LogP contribution is -2.14. The predicted octanol–water partition coefficient (Wildman–Crippen LogP) is 0.175. The Morgan fingerprint density at radius 3 is 2.93 bits per heavy atom. The van der Waals surface area contributed by atoms with Gasteiger partial charge in [-0.05, 0) is 6.92 Å². The molecule has 1 heterocycles. The van der Waals surface area contributed by atoms with Crippen LogP contribution in [0.2, 0.25) is 0 Å². The third-order valence-corrected chi connectivity index (χ3v) is 1.66. The maximum absolute atomic E-state index is 10.9. The summed E-state index contributed by atoms with van der Waals surface area (Å²) < 4.78 is 11.0. The molecule has 1 aromatic rings. The van der Waals surface area contributed by atoms with Crippen LogP contribution >= 0.6 is 0 Å². The molecule has 1 rings (SSSR count). The molecule has 0 fully saturated rings. The van der Waals surface area contributed by atoms with E-state index < -0.39 is 5.97 Å². The van der Waals surface area contributed by atoms with Crippen molar-refractivity contribution in [3.63, 3.8) is 0 Å². The zero-order chi connectivity index (χ0) is 11.3. The van der Waals surface area contributed by atoms with Gasteiger partial charge in [0, 0.05) is 13.1 Å². The molecular weight excluding hydrogens is 200 g/mol. The van der Waals surface area contributed by atoms with Gasteiger partial charge in [-0.1, -0.05) is 0 Å². The Hall–Kier alpha value is -1.85. The minimum Gasteiger partial charge on any atom is -0.465 e. The van der Waals surface area contributed by atoms with Crippen LogP contribution in [0.4, 0.5) is 0 Å². The first kappa shape index (κ1) is 11.2. The number of aldehydes is 1. The molecule has 0 N–H and O–H groups in total. The number of hydrogen-bond acceptors (Lipinski definition) is 5. The van der Waals surface area contributed by atoms with Gasteiger partial charge in [0.05, 0.1) is 6.61 Å². The molecule has 0 radical (unpaired) electrons. The topological polar surface area (TPSA) is 70.4 Å². The summed E-state index contributed by atoms with van der Waals surface area (Å²) in [5, 5.41) is 3.87. The van der Waals surface area contributed by atoms with E-state index in [9.17, 15) is 9.59 Å². The van der Waals surface area contributed by atoms with Crippen LogP contribution in [0.15, 0.2) is 6.07 Å².